The fourth-order valence-electron chi connectivity index (χ4n) is 1.90. The van der Waals surface area contributed by atoms with Gasteiger partial charge in [0.2, 0.25) is 0 Å². The minimum Gasteiger partial charge on any atom is -0.491 e. The highest BCUT2D eigenvalue weighted by molar-refractivity contribution is 7.21. The fraction of sp³-hybridized carbons (Fsp3) is 0.133. The molecule has 0 fully saturated rings. The molecule has 102 valence electrons. The molecule has 0 unspecified atom stereocenters. The highest BCUT2D eigenvalue weighted by Crippen LogP contribution is 2.33. The highest BCUT2D eigenvalue weighted by atomic mass is 35.5. The first-order valence-electron chi connectivity index (χ1n) is 6.16. The minimum absolute atomic E-state index is 0.00842. The Bertz CT molecular complexity index is 742. The number of aromatic nitrogens is 1. The number of ether oxygens (including phenoxy) is 1. The van der Waals surface area contributed by atoms with Gasteiger partial charge in [-0.3, -0.25) is 0 Å². The van der Waals surface area contributed by atoms with Gasteiger partial charge in [0.1, 0.15) is 17.4 Å². The van der Waals surface area contributed by atoms with Crippen molar-refractivity contribution in [2.75, 3.05) is 13.2 Å². The summed E-state index contributed by atoms with van der Waals surface area (Å²) in [4.78, 5) is 4.60. The van der Waals surface area contributed by atoms with Gasteiger partial charge in [-0.05, 0) is 30.3 Å². The maximum absolute atomic E-state index is 8.77. The van der Waals surface area contributed by atoms with Gasteiger partial charge in [-0.15, -0.1) is 11.3 Å². The molecule has 1 N–H and O–H groups in total. The van der Waals surface area contributed by atoms with E-state index in [1.165, 1.54) is 0 Å². The summed E-state index contributed by atoms with van der Waals surface area (Å²) in [6.45, 7) is 0.306. The van der Waals surface area contributed by atoms with E-state index < -0.39 is 0 Å². The molecular formula is C15H12ClNO2S. The summed E-state index contributed by atoms with van der Waals surface area (Å²) in [6.07, 6.45) is 0. The van der Waals surface area contributed by atoms with E-state index >= 15 is 0 Å². The van der Waals surface area contributed by atoms with Crippen LogP contribution in [-0.2, 0) is 0 Å². The van der Waals surface area contributed by atoms with Gasteiger partial charge in [0.05, 0.1) is 16.8 Å². The maximum Gasteiger partial charge on any atom is 0.124 e. The summed E-state index contributed by atoms with van der Waals surface area (Å²) in [5.41, 5.74) is 1.94. The summed E-state index contributed by atoms with van der Waals surface area (Å²) in [5.74, 6) is 0.743. The first kappa shape index (κ1) is 13.4. The van der Waals surface area contributed by atoms with Crippen LogP contribution in [0.5, 0.6) is 5.75 Å². The van der Waals surface area contributed by atoms with Crippen molar-refractivity contribution in [3.63, 3.8) is 0 Å². The van der Waals surface area contributed by atoms with Crippen LogP contribution in [0, 0.1) is 0 Å². The van der Waals surface area contributed by atoms with Gasteiger partial charge in [0.15, 0.2) is 0 Å². The van der Waals surface area contributed by atoms with Crippen molar-refractivity contribution in [2.24, 2.45) is 0 Å². The molecule has 1 heterocycles. The second kappa shape index (κ2) is 5.79. The van der Waals surface area contributed by atoms with Gasteiger partial charge in [-0.1, -0.05) is 23.7 Å². The molecule has 3 rings (SSSR count). The standard InChI is InChI=1S/C15H12ClNO2S/c16-11-3-1-2-10(8-11)15-17-13-5-4-12(19-7-6-18)9-14(13)20-15/h1-5,8-9,18H,6-7H2. The Morgan fingerprint density at radius 3 is 2.90 bits per heavy atom. The van der Waals surface area contributed by atoms with Crippen LogP contribution in [0.4, 0.5) is 0 Å². The second-order valence-electron chi connectivity index (χ2n) is 4.23. The number of benzene rings is 2. The molecule has 0 aliphatic carbocycles. The van der Waals surface area contributed by atoms with Crippen LogP contribution in [0.3, 0.4) is 0 Å². The lowest BCUT2D eigenvalue weighted by Crippen LogP contribution is -2.00. The van der Waals surface area contributed by atoms with Crippen molar-refractivity contribution in [1.82, 2.24) is 4.98 Å². The third kappa shape index (κ3) is 2.77. The molecule has 3 aromatic rings. The van der Waals surface area contributed by atoms with Crippen molar-refractivity contribution in [3.05, 3.63) is 47.5 Å². The lowest BCUT2D eigenvalue weighted by molar-refractivity contribution is 0.201. The normalized spacial score (nSPS) is 10.9. The van der Waals surface area contributed by atoms with Crippen molar-refractivity contribution >= 4 is 33.2 Å². The van der Waals surface area contributed by atoms with Crippen molar-refractivity contribution in [3.8, 4) is 16.3 Å². The van der Waals surface area contributed by atoms with Gasteiger partial charge < -0.3 is 9.84 Å². The summed E-state index contributed by atoms with van der Waals surface area (Å²) in [5, 5.41) is 10.4. The predicted molar refractivity (Wildman–Crippen MR) is 82.6 cm³/mol. The lowest BCUT2D eigenvalue weighted by atomic mass is 10.2. The number of rotatable bonds is 4. The minimum atomic E-state index is 0.00842. The van der Waals surface area contributed by atoms with E-state index in [-0.39, 0.29) is 6.61 Å². The summed E-state index contributed by atoms with van der Waals surface area (Å²) >= 11 is 7.60. The van der Waals surface area contributed by atoms with E-state index in [4.69, 9.17) is 21.4 Å². The van der Waals surface area contributed by atoms with Gasteiger partial charge >= 0.3 is 0 Å². The van der Waals surface area contributed by atoms with Crippen LogP contribution in [-0.4, -0.2) is 23.3 Å². The number of halogens is 1. The molecule has 0 aliphatic heterocycles. The largest absolute Gasteiger partial charge is 0.491 e. The zero-order valence-corrected chi connectivity index (χ0v) is 12.1. The zero-order valence-electron chi connectivity index (χ0n) is 10.5. The smallest absolute Gasteiger partial charge is 0.124 e. The number of aliphatic hydroxyl groups excluding tert-OH is 1. The van der Waals surface area contributed by atoms with Gasteiger partial charge in [-0.2, -0.15) is 0 Å². The molecule has 3 nitrogen and oxygen atoms in total. The molecule has 0 saturated carbocycles. The second-order valence-corrected chi connectivity index (χ2v) is 5.70. The molecule has 0 aliphatic rings. The molecule has 1 aromatic heterocycles. The lowest BCUT2D eigenvalue weighted by Gasteiger charge is -2.02. The Morgan fingerprint density at radius 1 is 1.20 bits per heavy atom. The molecule has 0 atom stereocenters. The maximum atomic E-state index is 8.77. The third-order valence-electron chi connectivity index (χ3n) is 2.79. The molecule has 0 radical (unpaired) electrons. The average molecular weight is 306 g/mol. The zero-order chi connectivity index (χ0) is 13.9. The number of thiazole rings is 1. The van der Waals surface area contributed by atoms with Crippen LogP contribution in [0.15, 0.2) is 42.5 Å². The topological polar surface area (TPSA) is 42.4 Å². The first-order valence-corrected chi connectivity index (χ1v) is 7.36. The van der Waals surface area contributed by atoms with Gasteiger partial charge in [0, 0.05) is 10.6 Å². The Kier molecular flexibility index (Phi) is 3.87. The summed E-state index contributed by atoms with van der Waals surface area (Å²) < 4.78 is 6.46. The van der Waals surface area contributed by atoms with E-state index in [1.54, 1.807) is 11.3 Å². The van der Waals surface area contributed by atoms with Crippen molar-refractivity contribution in [2.45, 2.75) is 0 Å². The molecule has 0 amide bonds. The molecule has 5 heteroatoms. The number of hydrogen-bond donors (Lipinski definition) is 1. The number of fused-ring (bicyclic) bond motifs is 1. The number of nitrogens with zero attached hydrogens (tertiary/aromatic N) is 1. The van der Waals surface area contributed by atoms with E-state index in [0.717, 1.165) is 26.5 Å². The Morgan fingerprint density at radius 2 is 2.10 bits per heavy atom. The van der Waals surface area contributed by atoms with Crippen molar-refractivity contribution in [1.29, 1.82) is 0 Å². The molecule has 20 heavy (non-hydrogen) atoms. The van der Waals surface area contributed by atoms with Gasteiger partial charge in [-0.25, -0.2) is 4.98 Å². The molecule has 2 aromatic carbocycles. The van der Waals surface area contributed by atoms with Crippen LogP contribution in [0.25, 0.3) is 20.8 Å². The van der Waals surface area contributed by atoms with Crippen molar-refractivity contribution < 1.29 is 9.84 Å². The van der Waals surface area contributed by atoms with Gasteiger partial charge in [0.25, 0.3) is 0 Å². The fourth-order valence-corrected chi connectivity index (χ4v) is 3.08. The molecule has 0 bridgehead atoms. The third-order valence-corrected chi connectivity index (χ3v) is 4.09. The van der Waals surface area contributed by atoms with Crippen LogP contribution in [0.1, 0.15) is 0 Å². The first-order chi connectivity index (χ1) is 9.76. The number of aliphatic hydroxyl groups is 1. The molecule has 0 saturated heterocycles. The van der Waals surface area contributed by atoms with E-state index in [2.05, 4.69) is 4.98 Å². The number of hydrogen-bond acceptors (Lipinski definition) is 4. The summed E-state index contributed by atoms with van der Waals surface area (Å²) in [6, 6.07) is 13.4. The molecular weight excluding hydrogens is 294 g/mol. The van der Waals surface area contributed by atoms with Crippen LogP contribution < -0.4 is 4.74 Å². The highest BCUT2D eigenvalue weighted by Gasteiger charge is 2.07. The monoisotopic (exact) mass is 305 g/mol. The van der Waals surface area contributed by atoms with Crippen LogP contribution >= 0.6 is 22.9 Å². The summed E-state index contributed by atoms with van der Waals surface area (Å²) in [7, 11) is 0. The SMILES string of the molecule is OCCOc1ccc2nc(-c3cccc(Cl)c3)sc2c1. The Labute approximate surface area is 125 Å². The van der Waals surface area contributed by atoms with E-state index in [9.17, 15) is 0 Å². The Balaban J connectivity index is 1.98. The van der Waals surface area contributed by atoms with Crippen LogP contribution in [0.2, 0.25) is 5.02 Å². The average Bonchev–Trinajstić information content (AvgIpc) is 2.88. The predicted octanol–water partition coefficient (Wildman–Crippen LogP) is 3.99. The Hall–Kier alpha value is -1.62. The quantitative estimate of drug-likeness (QED) is 0.792. The van der Waals surface area contributed by atoms with E-state index in [0.29, 0.717) is 11.6 Å². The molecule has 0 spiro atoms. The van der Waals surface area contributed by atoms with E-state index in [1.807, 2.05) is 42.5 Å².